The molecule has 0 saturated heterocycles. The lowest BCUT2D eigenvalue weighted by atomic mass is 10.2. The van der Waals surface area contributed by atoms with Crippen molar-refractivity contribution in [1.82, 2.24) is 10.2 Å². The predicted molar refractivity (Wildman–Crippen MR) is 61.8 cm³/mol. The zero-order valence-electron chi connectivity index (χ0n) is 10.00. The lowest BCUT2D eigenvalue weighted by Crippen LogP contribution is -2.38. The van der Waals surface area contributed by atoms with Crippen LogP contribution in [0.3, 0.4) is 0 Å². The minimum absolute atomic E-state index is 0.317. The smallest absolute Gasteiger partial charge is 0.340 e. The van der Waals surface area contributed by atoms with Crippen molar-refractivity contribution >= 4 is 5.91 Å². The van der Waals surface area contributed by atoms with Gasteiger partial charge in [-0.2, -0.15) is 13.2 Å². The van der Waals surface area contributed by atoms with Gasteiger partial charge in [-0.3, -0.25) is 4.79 Å². The Morgan fingerprint density at radius 1 is 1.28 bits per heavy atom. The summed E-state index contributed by atoms with van der Waals surface area (Å²) in [6, 6.07) is 9.25. The second-order valence-electron chi connectivity index (χ2n) is 3.95. The number of rotatable bonds is 5. The number of hydrogen-bond acceptors (Lipinski definition) is 2. The highest BCUT2D eigenvalue weighted by atomic mass is 19.4. The molecule has 100 valence electrons. The number of alkyl halides is 3. The topological polar surface area (TPSA) is 32.3 Å². The molecule has 0 atom stereocenters. The third-order valence-electron chi connectivity index (χ3n) is 2.29. The number of nitrogens with one attached hydrogen (secondary N) is 1. The Balaban J connectivity index is 2.34. The van der Waals surface area contributed by atoms with Crippen molar-refractivity contribution in [3.8, 4) is 0 Å². The Kier molecular flexibility index (Phi) is 5.15. The average molecular weight is 260 g/mol. The maximum Gasteiger partial charge on any atom is 0.401 e. The first kappa shape index (κ1) is 14.5. The fourth-order valence-corrected chi connectivity index (χ4v) is 1.39. The van der Waals surface area contributed by atoms with Crippen molar-refractivity contribution in [3.05, 3.63) is 35.9 Å². The monoisotopic (exact) mass is 260 g/mol. The Morgan fingerprint density at radius 2 is 1.89 bits per heavy atom. The minimum Gasteiger partial charge on any atom is -0.340 e. The minimum atomic E-state index is -4.29. The van der Waals surface area contributed by atoms with Crippen LogP contribution in [0.2, 0.25) is 0 Å². The van der Waals surface area contributed by atoms with Gasteiger partial charge < -0.3 is 10.2 Å². The second kappa shape index (κ2) is 6.39. The van der Waals surface area contributed by atoms with Crippen molar-refractivity contribution in [2.24, 2.45) is 0 Å². The summed E-state index contributed by atoms with van der Waals surface area (Å²) in [5, 5.41) is 2.08. The summed E-state index contributed by atoms with van der Waals surface area (Å²) in [6.07, 6.45) is -4.29. The molecule has 0 aliphatic carbocycles. The number of carbonyl (C=O) groups excluding carboxylic acids is 1. The van der Waals surface area contributed by atoms with E-state index in [0.717, 1.165) is 5.56 Å². The molecule has 6 heteroatoms. The van der Waals surface area contributed by atoms with E-state index in [1.165, 1.54) is 4.90 Å². The summed E-state index contributed by atoms with van der Waals surface area (Å²) < 4.78 is 35.6. The number of nitrogens with zero attached hydrogens (tertiary/aromatic N) is 1. The van der Waals surface area contributed by atoms with Crippen LogP contribution in [0.5, 0.6) is 0 Å². The molecule has 0 heterocycles. The first-order valence-corrected chi connectivity index (χ1v) is 5.44. The molecule has 0 aliphatic rings. The van der Waals surface area contributed by atoms with Gasteiger partial charge in [0.25, 0.3) is 0 Å². The number of carbonyl (C=O) groups is 1. The molecule has 0 unspecified atom stereocenters. The third-order valence-corrected chi connectivity index (χ3v) is 2.29. The van der Waals surface area contributed by atoms with Gasteiger partial charge in [-0.15, -0.1) is 0 Å². The molecule has 0 aromatic heterocycles. The Labute approximate surface area is 104 Å². The molecule has 0 aliphatic heterocycles. The molecule has 1 aromatic rings. The van der Waals surface area contributed by atoms with Crippen LogP contribution in [0.25, 0.3) is 0 Å². The molecule has 0 radical (unpaired) electrons. The van der Waals surface area contributed by atoms with E-state index in [1.807, 2.05) is 30.3 Å². The standard InChI is InChI=1S/C12H15F3N2O/c1-17(8-10-5-3-2-4-6-10)11(18)7-16-9-12(13,14)15/h2-6,16H,7-9H2,1H3. The average Bonchev–Trinajstić information content (AvgIpc) is 2.28. The number of likely N-dealkylation sites (N-methyl/N-ethyl adjacent to an activating group) is 1. The highest BCUT2D eigenvalue weighted by Crippen LogP contribution is 2.12. The first-order chi connectivity index (χ1) is 8.38. The molecule has 0 fully saturated rings. The normalized spacial score (nSPS) is 11.3. The zero-order valence-corrected chi connectivity index (χ0v) is 10.00. The van der Waals surface area contributed by atoms with Crippen LogP contribution in [-0.2, 0) is 11.3 Å². The highest BCUT2D eigenvalue weighted by molar-refractivity contribution is 5.77. The maximum atomic E-state index is 11.9. The van der Waals surface area contributed by atoms with Crippen molar-refractivity contribution in [2.75, 3.05) is 20.1 Å². The van der Waals surface area contributed by atoms with Crippen LogP contribution in [0, 0.1) is 0 Å². The van der Waals surface area contributed by atoms with Crippen LogP contribution >= 0.6 is 0 Å². The quantitative estimate of drug-likeness (QED) is 0.875. The predicted octanol–water partition coefficient (Wildman–Crippen LogP) is 1.80. The number of benzene rings is 1. The second-order valence-corrected chi connectivity index (χ2v) is 3.95. The lowest BCUT2D eigenvalue weighted by molar-refractivity contribution is -0.133. The molecule has 0 spiro atoms. The largest absolute Gasteiger partial charge is 0.401 e. The number of halogens is 3. The van der Waals surface area contributed by atoms with Gasteiger partial charge in [0, 0.05) is 13.6 Å². The molecule has 3 nitrogen and oxygen atoms in total. The Bertz CT molecular complexity index is 379. The summed E-state index contributed by atoms with van der Waals surface area (Å²) >= 11 is 0. The van der Waals surface area contributed by atoms with Crippen LogP contribution in [0.15, 0.2) is 30.3 Å². The molecular formula is C12H15F3N2O. The van der Waals surface area contributed by atoms with Crippen LogP contribution in [0.4, 0.5) is 13.2 Å². The van der Waals surface area contributed by atoms with Gasteiger partial charge in [-0.25, -0.2) is 0 Å². The van der Waals surface area contributed by atoms with Gasteiger partial charge in [-0.05, 0) is 5.56 Å². The molecule has 1 N–H and O–H groups in total. The SMILES string of the molecule is CN(Cc1ccccc1)C(=O)CNCC(F)(F)F. The summed E-state index contributed by atoms with van der Waals surface area (Å²) in [6.45, 7) is -1.09. The third kappa shape index (κ3) is 5.67. The molecule has 18 heavy (non-hydrogen) atoms. The molecule has 1 amide bonds. The molecule has 0 saturated carbocycles. The fraction of sp³-hybridized carbons (Fsp3) is 0.417. The van der Waals surface area contributed by atoms with Crippen LogP contribution < -0.4 is 5.32 Å². The molecule has 1 aromatic carbocycles. The molecule has 0 bridgehead atoms. The Hall–Kier alpha value is -1.56. The zero-order chi connectivity index (χ0) is 13.6. The van der Waals surface area contributed by atoms with Crippen molar-refractivity contribution < 1.29 is 18.0 Å². The van der Waals surface area contributed by atoms with Gasteiger partial charge in [-0.1, -0.05) is 30.3 Å². The summed E-state index contributed by atoms with van der Waals surface area (Å²) in [4.78, 5) is 12.9. The van der Waals surface area contributed by atoms with Gasteiger partial charge in [0.1, 0.15) is 0 Å². The van der Waals surface area contributed by atoms with Crippen molar-refractivity contribution in [3.63, 3.8) is 0 Å². The summed E-state index contributed by atoms with van der Waals surface area (Å²) in [7, 11) is 1.56. The van der Waals surface area contributed by atoms with Gasteiger partial charge in [0.05, 0.1) is 13.1 Å². The summed E-state index contributed by atoms with van der Waals surface area (Å²) in [5.74, 6) is -0.372. The van der Waals surface area contributed by atoms with E-state index in [9.17, 15) is 18.0 Å². The van der Waals surface area contributed by atoms with E-state index in [4.69, 9.17) is 0 Å². The lowest BCUT2D eigenvalue weighted by Gasteiger charge is -2.18. The molecular weight excluding hydrogens is 245 g/mol. The van der Waals surface area contributed by atoms with E-state index < -0.39 is 12.7 Å². The van der Waals surface area contributed by atoms with E-state index in [-0.39, 0.29) is 12.5 Å². The Morgan fingerprint density at radius 3 is 2.44 bits per heavy atom. The maximum absolute atomic E-state index is 11.9. The van der Waals surface area contributed by atoms with Crippen LogP contribution in [0.1, 0.15) is 5.56 Å². The van der Waals surface area contributed by atoms with E-state index in [0.29, 0.717) is 6.54 Å². The highest BCUT2D eigenvalue weighted by Gasteiger charge is 2.26. The van der Waals surface area contributed by atoms with Crippen LogP contribution in [-0.4, -0.2) is 37.1 Å². The first-order valence-electron chi connectivity index (χ1n) is 5.44. The molecule has 1 rings (SSSR count). The van der Waals surface area contributed by atoms with E-state index in [1.54, 1.807) is 7.05 Å². The van der Waals surface area contributed by atoms with Gasteiger partial charge in [0.2, 0.25) is 5.91 Å². The fourth-order valence-electron chi connectivity index (χ4n) is 1.39. The van der Waals surface area contributed by atoms with E-state index in [2.05, 4.69) is 5.32 Å². The number of hydrogen-bond donors (Lipinski definition) is 1. The van der Waals surface area contributed by atoms with Gasteiger partial charge in [0.15, 0.2) is 0 Å². The number of amides is 1. The van der Waals surface area contributed by atoms with Gasteiger partial charge >= 0.3 is 6.18 Å². The van der Waals surface area contributed by atoms with Crippen molar-refractivity contribution in [2.45, 2.75) is 12.7 Å². The summed E-state index contributed by atoms with van der Waals surface area (Å²) in [5.41, 5.74) is 0.934. The van der Waals surface area contributed by atoms with Crippen molar-refractivity contribution in [1.29, 1.82) is 0 Å². The van der Waals surface area contributed by atoms with E-state index >= 15 is 0 Å².